The number of amides is 3. The number of ether oxygens (including phenoxy) is 1. The molecule has 0 spiro atoms. The van der Waals surface area contributed by atoms with Gasteiger partial charge in [-0.25, -0.2) is 0 Å². The van der Waals surface area contributed by atoms with Crippen LogP contribution in [0.15, 0.2) is 24.3 Å². The molecule has 2 N–H and O–H groups in total. The maximum absolute atomic E-state index is 12.2. The molecule has 26 heavy (non-hydrogen) atoms. The first-order valence-electron chi connectivity index (χ1n) is 8.66. The van der Waals surface area contributed by atoms with Gasteiger partial charge in [0.2, 0.25) is 5.91 Å². The molecule has 0 atom stereocenters. The van der Waals surface area contributed by atoms with Crippen LogP contribution in [0.2, 0.25) is 0 Å². The van der Waals surface area contributed by atoms with E-state index in [4.69, 9.17) is 4.74 Å². The smallest absolute Gasteiger partial charge is 0.309 e. The Balaban J connectivity index is 1.77. The highest BCUT2D eigenvalue weighted by molar-refractivity contribution is 6.35. The van der Waals surface area contributed by atoms with E-state index in [-0.39, 0.29) is 18.5 Å². The first-order chi connectivity index (χ1) is 12.4. The van der Waals surface area contributed by atoms with E-state index in [9.17, 15) is 14.4 Å². The molecule has 1 saturated heterocycles. The summed E-state index contributed by atoms with van der Waals surface area (Å²) in [7, 11) is 1.63. The van der Waals surface area contributed by atoms with Gasteiger partial charge in [-0.2, -0.15) is 0 Å². The Kier molecular flexibility index (Phi) is 6.82. The number of hydrogen-bond donors (Lipinski definition) is 2. The van der Waals surface area contributed by atoms with Crippen LogP contribution < -0.4 is 20.3 Å². The Bertz CT molecular complexity index is 637. The lowest BCUT2D eigenvalue weighted by molar-refractivity contribution is -0.140. The molecule has 8 nitrogen and oxygen atoms in total. The molecule has 8 heteroatoms. The Labute approximate surface area is 153 Å². The van der Waals surface area contributed by atoms with Gasteiger partial charge in [0, 0.05) is 37.9 Å². The predicted octanol–water partition coefficient (Wildman–Crippen LogP) is -0.0154. The van der Waals surface area contributed by atoms with Crippen molar-refractivity contribution in [2.75, 3.05) is 44.7 Å². The average molecular weight is 362 g/mol. The van der Waals surface area contributed by atoms with Gasteiger partial charge in [0.15, 0.2) is 0 Å². The first-order valence-corrected chi connectivity index (χ1v) is 8.66. The third-order valence-electron chi connectivity index (χ3n) is 4.10. The van der Waals surface area contributed by atoms with E-state index in [1.165, 1.54) is 0 Å². The van der Waals surface area contributed by atoms with Crippen molar-refractivity contribution in [2.24, 2.45) is 0 Å². The molecule has 1 heterocycles. The number of nitrogens with zero attached hydrogens (tertiary/aromatic N) is 2. The van der Waals surface area contributed by atoms with Crippen molar-refractivity contribution in [1.29, 1.82) is 0 Å². The number of anilines is 1. The minimum atomic E-state index is -0.788. The van der Waals surface area contributed by atoms with Gasteiger partial charge in [-0.3, -0.25) is 14.4 Å². The molecule has 0 saturated carbocycles. The lowest BCUT2D eigenvalue weighted by atomic mass is 10.2. The number of hydrogen-bond acceptors (Lipinski definition) is 5. The van der Waals surface area contributed by atoms with Gasteiger partial charge in [-0.05, 0) is 38.1 Å². The van der Waals surface area contributed by atoms with Crippen molar-refractivity contribution in [2.45, 2.75) is 19.9 Å². The van der Waals surface area contributed by atoms with Gasteiger partial charge in [-0.1, -0.05) is 0 Å². The van der Waals surface area contributed by atoms with Crippen LogP contribution in [0.4, 0.5) is 5.69 Å². The Hall–Kier alpha value is -2.77. The summed E-state index contributed by atoms with van der Waals surface area (Å²) in [5, 5.41) is 4.86. The number of nitrogens with one attached hydrogen (secondary N) is 2. The van der Waals surface area contributed by atoms with E-state index in [0.717, 1.165) is 11.4 Å². The highest BCUT2D eigenvalue weighted by Crippen LogP contribution is 2.20. The van der Waals surface area contributed by atoms with Crippen molar-refractivity contribution < 1.29 is 19.1 Å². The Morgan fingerprint density at radius 2 is 1.65 bits per heavy atom. The topological polar surface area (TPSA) is 91.0 Å². The van der Waals surface area contributed by atoms with Crippen LogP contribution in [-0.4, -0.2) is 68.5 Å². The fraction of sp³-hybridized carbons (Fsp3) is 0.500. The summed E-state index contributed by atoms with van der Waals surface area (Å²) in [5.41, 5.74) is 1.08. The lowest BCUT2D eigenvalue weighted by Crippen LogP contribution is -2.52. The summed E-state index contributed by atoms with van der Waals surface area (Å²) in [4.78, 5) is 39.3. The van der Waals surface area contributed by atoms with Crippen LogP contribution in [0.5, 0.6) is 5.75 Å². The maximum Gasteiger partial charge on any atom is 0.309 e. The zero-order valence-corrected chi connectivity index (χ0v) is 15.4. The van der Waals surface area contributed by atoms with E-state index in [0.29, 0.717) is 26.2 Å². The molecular weight excluding hydrogens is 336 g/mol. The molecule has 1 aliphatic rings. The lowest BCUT2D eigenvalue weighted by Gasteiger charge is -2.36. The summed E-state index contributed by atoms with van der Waals surface area (Å²) in [6.07, 6.45) is 0. The minimum Gasteiger partial charge on any atom is -0.497 e. The van der Waals surface area contributed by atoms with Crippen LogP contribution >= 0.6 is 0 Å². The van der Waals surface area contributed by atoms with Crippen molar-refractivity contribution >= 4 is 23.4 Å². The largest absolute Gasteiger partial charge is 0.497 e. The standard InChI is InChI=1S/C18H26N4O4/c1-13(2)20-18(25)17(24)19-12-16(23)22-10-8-21(9-11-22)14-4-6-15(26-3)7-5-14/h4-7,13H,8-12H2,1-3H3,(H,19,24)(H,20,25). The molecule has 0 aromatic heterocycles. The zero-order chi connectivity index (χ0) is 19.1. The molecule has 0 radical (unpaired) electrons. The molecule has 0 bridgehead atoms. The van der Waals surface area contributed by atoms with Gasteiger partial charge in [-0.15, -0.1) is 0 Å². The van der Waals surface area contributed by atoms with Crippen molar-refractivity contribution in [3.05, 3.63) is 24.3 Å². The van der Waals surface area contributed by atoms with E-state index in [2.05, 4.69) is 15.5 Å². The molecule has 2 rings (SSSR count). The van der Waals surface area contributed by atoms with Crippen LogP contribution in [0.3, 0.4) is 0 Å². The second kappa shape index (κ2) is 9.07. The molecule has 1 aliphatic heterocycles. The highest BCUT2D eigenvalue weighted by Gasteiger charge is 2.22. The second-order valence-corrected chi connectivity index (χ2v) is 6.38. The zero-order valence-electron chi connectivity index (χ0n) is 15.4. The second-order valence-electron chi connectivity index (χ2n) is 6.38. The van der Waals surface area contributed by atoms with Crippen LogP contribution in [0, 0.1) is 0 Å². The van der Waals surface area contributed by atoms with Gasteiger partial charge >= 0.3 is 11.8 Å². The molecule has 0 aliphatic carbocycles. The third kappa shape index (κ3) is 5.37. The SMILES string of the molecule is COc1ccc(N2CCN(C(=O)CNC(=O)C(=O)NC(C)C)CC2)cc1. The van der Waals surface area contributed by atoms with Crippen molar-refractivity contribution in [3.8, 4) is 5.75 Å². The summed E-state index contributed by atoms with van der Waals surface area (Å²) >= 11 is 0. The molecule has 1 aromatic rings. The number of benzene rings is 1. The molecule has 142 valence electrons. The number of methoxy groups -OCH3 is 1. The normalized spacial score (nSPS) is 14.2. The number of carbonyl (C=O) groups is 3. The van der Waals surface area contributed by atoms with Gasteiger partial charge in [0.1, 0.15) is 5.75 Å². The fourth-order valence-electron chi connectivity index (χ4n) is 2.68. The summed E-state index contributed by atoms with van der Waals surface area (Å²) in [5.74, 6) is -0.897. The number of piperazine rings is 1. The number of carbonyl (C=O) groups excluding carboxylic acids is 3. The van der Waals surface area contributed by atoms with E-state index in [1.807, 2.05) is 24.3 Å². The third-order valence-corrected chi connectivity index (χ3v) is 4.10. The molecule has 3 amide bonds. The van der Waals surface area contributed by atoms with Gasteiger partial charge < -0.3 is 25.2 Å². The summed E-state index contributed by atoms with van der Waals surface area (Å²) in [6, 6.07) is 7.66. The molecule has 0 unspecified atom stereocenters. The van der Waals surface area contributed by atoms with E-state index >= 15 is 0 Å². The highest BCUT2D eigenvalue weighted by atomic mass is 16.5. The van der Waals surface area contributed by atoms with Gasteiger partial charge in [0.25, 0.3) is 0 Å². The summed E-state index contributed by atoms with van der Waals surface area (Å²) in [6.45, 7) is 5.90. The fourth-order valence-corrected chi connectivity index (χ4v) is 2.68. The van der Waals surface area contributed by atoms with Crippen LogP contribution in [0.1, 0.15) is 13.8 Å². The van der Waals surface area contributed by atoms with Crippen molar-refractivity contribution in [1.82, 2.24) is 15.5 Å². The van der Waals surface area contributed by atoms with E-state index in [1.54, 1.807) is 25.9 Å². The summed E-state index contributed by atoms with van der Waals surface area (Å²) < 4.78 is 5.15. The molecule has 1 fully saturated rings. The maximum atomic E-state index is 12.2. The van der Waals surface area contributed by atoms with Gasteiger partial charge in [0.05, 0.1) is 13.7 Å². The predicted molar refractivity (Wildman–Crippen MR) is 98.1 cm³/mol. The average Bonchev–Trinajstić information content (AvgIpc) is 2.65. The Morgan fingerprint density at radius 1 is 1.04 bits per heavy atom. The van der Waals surface area contributed by atoms with Crippen molar-refractivity contribution in [3.63, 3.8) is 0 Å². The minimum absolute atomic E-state index is 0.130. The Morgan fingerprint density at radius 3 is 2.19 bits per heavy atom. The van der Waals surface area contributed by atoms with Crippen LogP contribution in [0.25, 0.3) is 0 Å². The number of rotatable bonds is 5. The molecule has 1 aromatic carbocycles. The first kappa shape index (κ1) is 19.6. The van der Waals surface area contributed by atoms with E-state index < -0.39 is 11.8 Å². The van der Waals surface area contributed by atoms with Crippen LogP contribution in [-0.2, 0) is 14.4 Å². The quantitative estimate of drug-likeness (QED) is 0.719. The molecular formula is C18H26N4O4. The monoisotopic (exact) mass is 362 g/mol.